The number of aryl methyl sites for hydroxylation is 1. The molecule has 1 aromatic heterocycles. The van der Waals surface area contributed by atoms with Crippen molar-refractivity contribution in [3.63, 3.8) is 0 Å². The first-order valence-corrected chi connectivity index (χ1v) is 8.08. The summed E-state index contributed by atoms with van der Waals surface area (Å²) in [5.41, 5.74) is 2.25. The zero-order chi connectivity index (χ0) is 15.3. The number of carbonyl (C=O) groups is 1. The van der Waals surface area contributed by atoms with E-state index in [0.717, 1.165) is 35.9 Å². The number of likely N-dealkylation sites (tertiary alicyclic amines) is 1. The van der Waals surface area contributed by atoms with Crippen LogP contribution in [0, 0.1) is 12.8 Å². The molecule has 1 saturated carbocycles. The van der Waals surface area contributed by atoms with Crippen molar-refractivity contribution in [3.05, 3.63) is 45.7 Å². The Labute approximate surface area is 129 Å². The van der Waals surface area contributed by atoms with Gasteiger partial charge in [0.15, 0.2) is 0 Å². The van der Waals surface area contributed by atoms with Crippen molar-refractivity contribution in [2.24, 2.45) is 5.92 Å². The standard InChI is InChI=1S/C18H20N2O2/c1-11-9-17(21)19-15-10-13(6-7-14(11)15)18(22)20-8-2-3-16(20)12-4-5-12/h6-7,9-10,12,16H,2-5,8H2,1H3,(H,19,21). The lowest BCUT2D eigenvalue weighted by molar-refractivity contribution is 0.0721. The minimum absolute atomic E-state index is 0.110. The average Bonchev–Trinajstić information content (AvgIpc) is 3.23. The van der Waals surface area contributed by atoms with Gasteiger partial charge in [0.05, 0.1) is 0 Å². The molecule has 0 radical (unpaired) electrons. The van der Waals surface area contributed by atoms with Crippen LogP contribution in [0.5, 0.6) is 0 Å². The van der Waals surface area contributed by atoms with E-state index in [-0.39, 0.29) is 11.5 Å². The third-order valence-electron chi connectivity index (χ3n) is 5.02. The van der Waals surface area contributed by atoms with Gasteiger partial charge in [0.1, 0.15) is 0 Å². The van der Waals surface area contributed by atoms with Gasteiger partial charge in [0.25, 0.3) is 5.91 Å². The number of pyridine rings is 1. The summed E-state index contributed by atoms with van der Waals surface area (Å²) in [6.07, 6.45) is 4.77. The topological polar surface area (TPSA) is 53.2 Å². The summed E-state index contributed by atoms with van der Waals surface area (Å²) in [7, 11) is 0. The van der Waals surface area contributed by atoms with E-state index in [2.05, 4.69) is 4.98 Å². The molecule has 2 fully saturated rings. The fraction of sp³-hybridized carbons (Fsp3) is 0.444. The fourth-order valence-electron chi connectivity index (χ4n) is 3.75. The van der Waals surface area contributed by atoms with Crippen molar-refractivity contribution in [1.29, 1.82) is 0 Å². The number of rotatable bonds is 2. The van der Waals surface area contributed by atoms with Crippen LogP contribution in [0.15, 0.2) is 29.1 Å². The molecule has 2 heterocycles. The van der Waals surface area contributed by atoms with Gasteiger partial charge >= 0.3 is 0 Å². The van der Waals surface area contributed by atoms with E-state index in [4.69, 9.17) is 0 Å². The van der Waals surface area contributed by atoms with Crippen LogP contribution in [-0.4, -0.2) is 28.4 Å². The van der Waals surface area contributed by atoms with Crippen LogP contribution in [-0.2, 0) is 0 Å². The predicted molar refractivity (Wildman–Crippen MR) is 86.1 cm³/mol. The Kier molecular flexibility index (Phi) is 3.06. The number of amides is 1. The van der Waals surface area contributed by atoms with E-state index in [1.165, 1.54) is 12.8 Å². The second kappa shape index (κ2) is 4.97. The van der Waals surface area contributed by atoms with Crippen molar-refractivity contribution >= 4 is 16.8 Å². The highest BCUT2D eigenvalue weighted by molar-refractivity contribution is 5.98. The maximum Gasteiger partial charge on any atom is 0.254 e. The Morgan fingerprint density at radius 1 is 1.23 bits per heavy atom. The van der Waals surface area contributed by atoms with Crippen LogP contribution in [0.4, 0.5) is 0 Å². The summed E-state index contributed by atoms with van der Waals surface area (Å²) >= 11 is 0. The number of hydrogen-bond acceptors (Lipinski definition) is 2. The molecule has 1 N–H and O–H groups in total. The average molecular weight is 296 g/mol. The molecular formula is C18H20N2O2. The number of fused-ring (bicyclic) bond motifs is 1. The third-order valence-corrected chi connectivity index (χ3v) is 5.02. The largest absolute Gasteiger partial charge is 0.335 e. The first-order chi connectivity index (χ1) is 10.6. The maximum atomic E-state index is 12.8. The van der Waals surface area contributed by atoms with Gasteiger partial charge in [-0.15, -0.1) is 0 Å². The molecule has 1 saturated heterocycles. The number of H-pyrrole nitrogens is 1. The van der Waals surface area contributed by atoms with E-state index in [9.17, 15) is 9.59 Å². The van der Waals surface area contributed by atoms with Gasteiger partial charge in [-0.05, 0) is 56.2 Å². The fourth-order valence-corrected chi connectivity index (χ4v) is 3.75. The van der Waals surface area contributed by atoms with Gasteiger partial charge in [-0.2, -0.15) is 0 Å². The summed E-state index contributed by atoms with van der Waals surface area (Å²) in [6, 6.07) is 7.68. The van der Waals surface area contributed by atoms with E-state index < -0.39 is 0 Å². The number of aromatic amines is 1. The second-order valence-corrected chi connectivity index (χ2v) is 6.62. The summed E-state index contributed by atoms with van der Waals surface area (Å²) < 4.78 is 0. The summed E-state index contributed by atoms with van der Waals surface area (Å²) in [4.78, 5) is 29.4. The highest BCUT2D eigenvalue weighted by Crippen LogP contribution is 2.40. The Hall–Kier alpha value is -2.10. The van der Waals surface area contributed by atoms with Crippen molar-refractivity contribution in [2.75, 3.05) is 6.54 Å². The molecule has 4 rings (SSSR count). The van der Waals surface area contributed by atoms with Gasteiger partial charge in [0, 0.05) is 35.1 Å². The molecule has 1 aromatic carbocycles. The Bertz CT molecular complexity index is 804. The molecule has 1 unspecified atom stereocenters. The van der Waals surface area contributed by atoms with E-state index in [1.54, 1.807) is 6.07 Å². The molecule has 0 bridgehead atoms. The zero-order valence-electron chi connectivity index (χ0n) is 12.8. The molecule has 114 valence electrons. The quantitative estimate of drug-likeness (QED) is 0.926. The molecule has 2 aliphatic rings. The van der Waals surface area contributed by atoms with Crippen LogP contribution >= 0.6 is 0 Å². The van der Waals surface area contributed by atoms with Crippen molar-refractivity contribution in [3.8, 4) is 0 Å². The van der Waals surface area contributed by atoms with Crippen molar-refractivity contribution < 1.29 is 4.79 Å². The highest BCUT2D eigenvalue weighted by Gasteiger charge is 2.40. The predicted octanol–water partition coefficient (Wildman–Crippen LogP) is 2.85. The minimum Gasteiger partial charge on any atom is -0.335 e. The van der Waals surface area contributed by atoms with Crippen LogP contribution in [0.3, 0.4) is 0 Å². The molecule has 0 spiro atoms. The molecular weight excluding hydrogens is 276 g/mol. The Morgan fingerprint density at radius 2 is 2.05 bits per heavy atom. The van der Waals surface area contributed by atoms with E-state index in [1.807, 2.05) is 30.0 Å². The highest BCUT2D eigenvalue weighted by atomic mass is 16.2. The summed E-state index contributed by atoms with van der Waals surface area (Å²) in [5, 5.41) is 0.997. The lowest BCUT2D eigenvalue weighted by Crippen LogP contribution is -2.36. The van der Waals surface area contributed by atoms with Crippen molar-refractivity contribution in [2.45, 2.75) is 38.6 Å². The number of nitrogens with one attached hydrogen (secondary N) is 1. The van der Waals surface area contributed by atoms with Crippen LogP contribution in [0.1, 0.15) is 41.6 Å². The maximum absolute atomic E-state index is 12.8. The van der Waals surface area contributed by atoms with Crippen molar-refractivity contribution in [1.82, 2.24) is 9.88 Å². The van der Waals surface area contributed by atoms with Gasteiger partial charge in [-0.1, -0.05) is 6.07 Å². The zero-order valence-corrected chi connectivity index (χ0v) is 12.8. The number of nitrogens with zero attached hydrogens (tertiary/aromatic N) is 1. The lowest BCUT2D eigenvalue weighted by Gasteiger charge is -2.24. The molecule has 1 atom stereocenters. The molecule has 1 aliphatic heterocycles. The molecule has 22 heavy (non-hydrogen) atoms. The number of aromatic nitrogens is 1. The lowest BCUT2D eigenvalue weighted by atomic mass is 10.1. The van der Waals surface area contributed by atoms with Gasteiger partial charge in [-0.3, -0.25) is 9.59 Å². The number of hydrogen-bond donors (Lipinski definition) is 1. The van der Waals surface area contributed by atoms with E-state index in [0.29, 0.717) is 17.5 Å². The Balaban J connectivity index is 1.71. The molecule has 4 heteroatoms. The third kappa shape index (κ3) is 2.23. The summed E-state index contributed by atoms with van der Waals surface area (Å²) in [6.45, 7) is 2.78. The van der Waals surface area contributed by atoms with Gasteiger partial charge in [-0.25, -0.2) is 0 Å². The minimum atomic E-state index is -0.119. The molecule has 1 aliphatic carbocycles. The summed E-state index contributed by atoms with van der Waals surface area (Å²) in [5.74, 6) is 0.826. The number of carbonyl (C=O) groups excluding carboxylic acids is 1. The first kappa shape index (κ1) is 13.6. The van der Waals surface area contributed by atoms with E-state index >= 15 is 0 Å². The monoisotopic (exact) mass is 296 g/mol. The molecule has 4 nitrogen and oxygen atoms in total. The van der Waals surface area contributed by atoms with Crippen LogP contribution < -0.4 is 5.56 Å². The Morgan fingerprint density at radius 3 is 2.82 bits per heavy atom. The SMILES string of the molecule is Cc1cc(=O)[nH]c2cc(C(=O)N3CCCC3C3CC3)ccc12. The molecule has 1 amide bonds. The first-order valence-electron chi connectivity index (χ1n) is 8.08. The van der Waals surface area contributed by atoms with Crippen LogP contribution in [0.25, 0.3) is 10.9 Å². The number of benzene rings is 1. The smallest absolute Gasteiger partial charge is 0.254 e. The van der Waals surface area contributed by atoms with Crippen LogP contribution in [0.2, 0.25) is 0 Å². The van der Waals surface area contributed by atoms with Gasteiger partial charge in [0.2, 0.25) is 5.56 Å². The normalized spacial score (nSPS) is 21.5. The van der Waals surface area contributed by atoms with Gasteiger partial charge < -0.3 is 9.88 Å². The molecule has 2 aromatic rings. The second-order valence-electron chi connectivity index (χ2n) is 6.62.